The first-order valence-corrected chi connectivity index (χ1v) is 9.25. The lowest BCUT2D eigenvalue weighted by Gasteiger charge is -2.38. The lowest BCUT2D eigenvalue weighted by atomic mass is 9.95. The third-order valence-corrected chi connectivity index (χ3v) is 5.55. The van der Waals surface area contributed by atoms with Gasteiger partial charge in [0.2, 0.25) is 0 Å². The Morgan fingerprint density at radius 1 is 1.29 bits per heavy atom. The SMILES string of the molecule is CCOP(=O)(OCC)C(CC)OB1O[C@@H](C)CC(C)(C)O1. The maximum atomic E-state index is 12.8. The fraction of sp³-hybridized carbons (Fsp3) is 1.00. The molecule has 0 aromatic rings. The van der Waals surface area contributed by atoms with Crippen LogP contribution >= 0.6 is 7.60 Å². The fourth-order valence-electron chi connectivity index (χ4n) is 2.41. The van der Waals surface area contributed by atoms with Crippen LogP contribution in [-0.2, 0) is 27.6 Å². The number of hydrogen-bond acceptors (Lipinski definition) is 6. The zero-order valence-corrected chi connectivity index (χ0v) is 14.9. The lowest BCUT2D eigenvalue weighted by molar-refractivity contribution is -0.0747. The minimum atomic E-state index is -3.34. The summed E-state index contributed by atoms with van der Waals surface area (Å²) in [5.41, 5.74) is -0.345. The molecular formula is C13H28BO6P. The molecule has 0 amide bonds. The summed E-state index contributed by atoms with van der Waals surface area (Å²) in [6.45, 7) is 11.9. The molecule has 1 unspecified atom stereocenters. The molecule has 0 aromatic carbocycles. The van der Waals surface area contributed by atoms with Crippen molar-refractivity contribution in [2.75, 3.05) is 13.2 Å². The molecule has 1 saturated heterocycles. The van der Waals surface area contributed by atoms with Crippen LogP contribution in [0.3, 0.4) is 0 Å². The topological polar surface area (TPSA) is 63.2 Å². The summed E-state index contributed by atoms with van der Waals surface area (Å²) in [5, 5.41) is 0. The van der Waals surface area contributed by atoms with Crippen LogP contribution in [0.1, 0.15) is 54.4 Å². The summed E-state index contributed by atoms with van der Waals surface area (Å²) in [5.74, 6) is -0.705. The molecule has 6 nitrogen and oxygen atoms in total. The largest absolute Gasteiger partial charge is 0.640 e. The Hall–Kier alpha value is 0.0949. The summed E-state index contributed by atoms with van der Waals surface area (Å²) in [6, 6.07) is 0. The second-order valence-corrected chi connectivity index (χ2v) is 7.86. The van der Waals surface area contributed by atoms with Crippen LogP contribution in [0, 0.1) is 0 Å². The van der Waals surface area contributed by atoms with Gasteiger partial charge in [0.15, 0.2) is 0 Å². The van der Waals surface area contributed by atoms with E-state index in [4.69, 9.17) is 23.0 Å². The Kier molecular flexibility index (Phi) is 7.37. The zero-order valence-electron chi connectivity index (χ0n) is 14.0. The highest BCUT2D eigenvalue weighted by molar-refractivity contribution is 7.54. The van der Waals surface area contributed by atoms with Crippen molar-refractivity contribution in [1.82, 2.24) is 0 Å². The highest BCUT2D eigenvalue weighted by Crippen LogP contribution is 2.55. The Balaban J connectivity index is 2.78. The quantitative estimate of drug-likeness (QED) is 0.503. The number of hydrogen-bond donors (Lipinski definition) is 0. The molecule has 1 aliphatic heterocycles. The predicted molar refractivity (Wildman–Crippen MR) is 82.1 cm³/mol. The molecule has 0 saturated carbocycles. The highest BCUT2D eigenvalue weighted by atomic mass is 31.2. The van der Waals surface area contributed by atoms with E-state index in [0.717, 1.165) is 6.42 Å². The standard InChI is InChI=1S/C13H28BO6P/c1-7-12(21(15,16-8-2)17-9-3)19-14-18-11(4)10-13(5,6)20-14/h11-12H,7-10H2,1-6H3/t11-,12?/m0/s1. The van der Waals surface area contributed by atoms with Gasteiger partial charge in [-0.3, -0.25) is 4.57 Å². The van der Waals surface area contributed by atoms with Crippen molar-refractivity contribution >= 4 is 14.9 Å². The van der Waals surface area contributed by atoms with E-state index in [-0.39, 0.29) is 11.7 Å². The van der Waals surface area contributed by atoms with Crippen LogP contribution in [0.15, 0.2) is 0 Å². The maximum Gasteiger partial charge on any atom is 0.640 e. The molecule has 1 heterocycles. The Bertz CT molecular complexity index is 355. The van der Waals surface area contributed by atoms with Gasteiger partial charge in [-0.15, -0.1) is 0 Å². The van der Waals surface area contributed by atoms with E-state index in [2.05, 4.69) is 0 Å². The summed E-state index contributed by atoms with van der Waals surface area (Å²) in [7, 11) is -4.20. The van der Waals surface area contributed by atoms with Crippen LogP contribution in [-0.4, -0.2) is 38.1 Å². The molecular weight excluding hydrogens is 294 g/mol. The maximum absolute atomic E-state index is 12.8. The van der Waals surface area contributed by atoms with Crippen LogP contribution in [0.5, 0.6) is 0 Å². The van der Waals surface area contributed by atoms with E-state index >= 15 is 0 Å². The molecule has 1 rings (SSSR count). The summed E-state index contributed by atoms with van der Waals surface area (Å²) in [4.78, 5) is 0. The van der Waals surface area contributed by atoms with E-state index in [9.17, 15) is 4.57 Å². The van der Waals surface area contributed by atoms with Crippen LogP contribution in [0.2, 0.25) is 0 Å². The van der Waals surface area contributed by atoms with Gasteiger partial charge in [0.05, 0.1) is 18.8 Å². The van der Waals surface area contributed by atoms with Crippen LogP contribution < -0.4 is 0 Å². The molecule has 0 aromatic heterocycles. The molecule has 0 bridgehead atoms. The van der Waals surface area contributed by atoms with Gasteiger partial charge in [0, 0.05) is 6.10 Å². The minimum absolute atomic E-state index is 0.00910. The molecule has 0 N–H and O–H groups in total. The second kappa shape index (κ2) is 8.09. The molecule has 1 aliphatic rings. The van der Waals surface area contributed by atoms with Crippen molar-refractivity contribution in [3.63, 3.8) is 0 Å². The van der Waals surface area contributed by atoms with Gasteiger partial charge >= 0.3 is 14.9 Å². The van der Waals surface area contributed by atoms with E-state index in [1.165, 1.54) is 0 Å². The van der Waals surface area contributed by atoms with Gasteiger partial charge in [-0.2, -0.15) is 0 Å². The van der Waals surface area contributed by atoms with Crippen molar-refractivity contribution < 1.29 is 27.6 Å². The molecule has 124 valence electrons. The van der Waals surface area contributed by atoms with Gasteiger partial charge in [0.25, 0.3) is 0 Å². The normalized spacial score (nSPS) is 24.1. The first kappa shape index (κ1) is 19.1. The molecule has 0 aliphatic carbocycles. The van der Waals surface area contributed by atoms with E-state index in [1.54, 1.807) is 13.8 Å². The fourth-order valence-corrected chi connectivity index (χ4v) is 4.23. The zero-order chi connectivity index (χ0) is 16.1. The van der Waals surface area contributed by atoms with Gasteiger partial charge in [0.1, 0.15) is 5.85 Å². The molecule has 0 radical (unpaired) electrons. The van der Waals surface area contributed by atoms with Gasteiger partial charge < -0.3 is 23.0 Å². The molecule has 1 fully saturated rings. The van der Waals surface area contributed by atoms with E-state index < -0.39 is 20.8 Å². The predicted octanol–water partition coefficient (Wildman–Crippen LogP) is 3.59. The minimum Gasteiger partial charge on any atom is -0.383 e. The summed E-state index contributed by atoms with van der Waals surface area (Å²) < 4.78 is 40.6. The van der Waals surface area contributed by atoms with Crippen molar-refractivity contribution in [3.05, 3.63) is 0 Å². The third-order valence-electron chi connectivity index (χ3n) is 3.13. The Labute approximate surface area is 128 Å². The van der Waals surface area contributed by atoms with Gasteiger partial charge in [-0.25, -0.2) is 0 Å². The summed E-state index contributed by atoms with van der Waals surface area (Å²) in [6.07, 6.45) is 1.27. The molecule has 0 spiro atoms. The lowest BCUT2D eigenvalue weighted by Crippen LogP contribution is -2.48. The van der Waals surface area contributed by atoms with Gasteiger partial charge in [-0.05, 0) is 47.5 Å². The van der Waals surface area contributed by atoms with Crippen molar-refractivity contribution in [3.8, 4) is 0 Å². The highest BCUT2D eigenvalue weighted by Gasteiger charge is 2.45. The van der Waals surface area contributed by atoms with Crippen molar-refractivity contribution in [2.24, 2.45) is 0 Å². The van der Waals surface area contributed by atoms with Crippen LogP contribution in [0.25, 0.3) is 0 Å². The first-order chi connectivity index (χ1) is 9.76. The second-order valence-electron chi connectivity index (χ2n) is 5.69. The Morgan fingerprint density at radius 3 is 2.29 bits per heavy atom. The Morgan fingerprint density at radius 2 is 1.86 bits per heavy atom. The van der Waals surface area contributed by atoms with E-state index in [1.807, 2.05) is 27.7 Å². The molecule has 21 heavy (non-hydrogen) atoms. The third kappa shape index (κ3) is 5.66. The number of rotatable bonds is 8. The first-order valence-electron chi connectivity index (χ1n) is 7.63. The smallest absolute Gasteiger partial charge is 0.383 e. The van der Waals surface area contributed by atoms with Crippen LogP contribution in [0.4, 0.5) is 0 Å². The average molecular weight is 322 g/mol. The molecule has 2 atom stereocenters. The average Bonchev–Trinajstić information content (AvgIpc) is 2.33. The van der Waals surface area contributed by atoms with Crippen molar-refractivity contribution in [2.45, 2.75) is 71.9 Å². The van der Waals surface area contributed by atoms with Gasteiger partial charge in [-0.1, -0.05) is 6.92 Å². The summed E-state index contributed by atoms with van der Waals surface area (Å²) >= 11 is 0. The monoisotopic (exact) mass is 322 g/mol. The van der Waals surface area contributed by atoms with Crippen molar-refractivity contribution in [1.29, 1.82) is 0 Å². The molecule has 8 heteroatoms. The van der Waals surface area contributed by atoms with E-state index in [0.29, 0.717) is 19.6 Å².